The fraction of sp³-hybridized carbons (Fsp3) is 0.316. The number of benzene rings is 2. The first-order valence-corrected chi connectivity index (χ1v) is 7.86. The molecule has 3 rings (SSSR count). The summed E-state index contributed by atoms with van der Waals surface area (Å²) in [7, 11) is 1.51. The van der Waals surface area contributed by atoms with Crippen LogP contribution in [0.15, 0.2) is 54.6 Å². The van der Waals surface area contributed by atoms with E-state index in [4.69, 9.17) is 14.2 Å². The topological polar surface area (TPSA) is 65.0 Å². The zero-order valence-corrected chi connectivity index (χ0v) is 13.4. The van der Waals surface area contributed by atoms with Crippen molar-refractivity contribution in [1.29, 1.82) is 0 Å². The fourth-order valence-electron chi connectivity index (χ4n) is 2.66. The second kappa shape index (κ2) is 7.57. The average Bonchev–Trinajstić information content (AvgIpc) is 3.00. The van der Waals surface area contributed by atoms with Crippen molar-refractivity contribution < 1.29 is 24.1 Å². The van der Waals surface area contributed by atoms with Gasteiger partial charge in [0.2, 0.25) is 0 Å². The first kappa shape index (κ1) is 16.6. The van der Waals surface area contributed by atoms with Crippen LogP contribution in [0.2, 0.25) is 0 Å². The van der Waals surface area contributed by atoms with Gasteiger partial charge in [0.15, 0.2) is 6.29 Å². The van der Waals surface area contributed by atoms with Gasteiger partial charge in [-0.2, -0.15) is 0 Å². The molecule has 0 saturated carbocycles. The van der Waals surface area contributed by atoms with Crippen LogP contribution in [0.25, 0.3) is 11.1 Å². The lowest BCUT2D eigenvalue weighted by atomic mass is 10.0. The van der Waals surface area contributed by atoms with Crippen molar-refractivity contribution in [1.82, 2.24) is 0 Å². The highest BCUT2D eigenvalue weighted by molar-refractivity contribution is 5.90. The minimum absolute atomic E-state index is 0.000294. The molecular formula is C19H20O5. The number of methoxy groups -OCH3 is 1. The van der Waals surface area contributed by atoms with Gasteiger partial charge >= 0.3 is 5.97 Å². The maximum Gasteiger partial charge on any atom is 0.338 e. The summed E-state index contributed by atoms with van der Waals surface area (Å²) in [5.74, 6) is -0.439. The molecule has 1 aliphatic heterocycles. The summed E-state index contributed by atoms with van der Waals surface area (Å²) >= 11 is 0. The van der Waals surface area contributed by atoms with E-state index in [0.717, 1.165) is 11.1 Å². The summed E-state index contributed by atoms with van der Waals surface area (Å²) in [6, 6.07) is 17.2. The molecular weight excluding hydrogens is 308 g/mol. The van der Waals surface area contributed by atoms with Gasteiger partial charge in [-0.3, -0.25) is 0 Å². The summed E-state index contributed by atoms with van der Waals surface area (Å²) in [5.41, 5.74) is 2.58. The Bertz CT molecular complexity index is 668. The number of hydrogen-bond donors (Lipinski definition) is 1. The summed E-state index contributed by atoms with van der Waals surface area (Å²) in [4.78, 5) is 12.1. The maximum atomic E-state index is 12.1. The summed E-state index contributed by atoms with van der Waals surface area (Å²) in [6.07, 6.45) is -1.32. The summed E-state index contributed by atoms with van der Waals surface area (Å²) < 4.78 is 15.7. The zero-order valence-electron chi connectivity index (χ0n) is 13.4. The van der Waals surface area contributed by atoms with Gasteiger partial charge in [-0.05, 0) is 23.3 Å². The number of aliphatic hydroxyl groups excluding tert-OH is 1. The van der Waals surface area contributed by atoms with Crippen molar-refractivity contribution in [2.45, 2.75) is 24.9 Å². The molecule has 3 atom stereocenters. The molecule has 24 heavy (non-hydrogen) atoms. The smallest absolute Gasteiger partial charge is 0.338 e. The Balaban J connectivity index is 1.58. The lowest BCUT2D eigenvalue weighted by Gasteiger charge is -2.14. The van der Waals surface area contributed by atoms with Crippen molar-refractivity contribution in [2.24, 2.45) is 0 Å². The maximum absolute atomic E-state index is 12.1. The zero-order chi connectivity index (χ0) is 16.9. The second-order valence-corrected chi connectivity index (χ2v) is 5.68. The van der Waals surface area contributed by atoms with E-state index in [1.165, 1.54) is 7.11 Å². The van der Waals surface area contributed by atoms with Gasteiger partial charge in [0.05, 0.1) is 11.7 Å². The fourth-order valence-corrected chi connectivity index (χ4v) is 2.66. The third-order valence-electron chi connectivity index (χ3n) is 4.06. The molecule has 2 aromatic rings. The van der Waals surface area contributed by atoms with Gasteiger partial charge in [-0.1, -0.05) is 42.5 Å². The van der Waals surface area contributed by atoms with E-state index in [1.807, 2.05) is 42.5 Å². The lowest BCUT2D eigenvalue weighted by molar-refractivity contribution is -0.128. The molecule has 5 heteroatoms. The first-order valence-electron chi connectivity index (χ1n) is 7.86. The van der Waals surface area contributed by atoms with Gasteiger partial charge in [-0.25, -0.2) is 4.79 Å². The van der Waals surface area contributed by atoms with Crippen LogP contribution < -0.4 is 0 Å². The monoisotopic (exact) mass is 328 g/mol. The number of aliphatic hydroxyl groups is 1. The van der Waals surface area contributed by atoms with Crippen LogP contribution in [0.4, 0.5) is 0 Å². The quantitative estimate of drug-likeness (QED) is 0.855. The van der Waals surface area contributed by atoms with E-state index in [-0.39, 0.29) is 6.61 Å². The van der Waals surface area contributed by atoms with E-state index < -0.39 is 24.5 Å². The molecule has 2 aromatic carbocycles. The average molecular weight is 328 g/mol. The number of esters is 1. The number of hydrogen-bond acceptors (Lipinski definition) is 5. The molecule has 126 valence electrons. The van der Waals surface area contributed by atoms with Gasteiger partial charge in [0, 0.05) is 13.5 Å². The molecule has 1 heterocycles. The number of ether oxygens (including phenoxy) is 3. The van der Waals surface area contributed by atoms with E-state index in [2.05, 4.69) is 0 Å². The van der Waals surface area contributed by atoms with E-state index in [0.29, 0.717) is 12.0 Å². The highest BCUT2D eigenvalue weighted by atomic mass is 16.7. The standard InChI is InChI=1S/C19H20O5/c1-22-18-11-16(20)17(24-18)12-23-19(21)15-9-7-14(8-10-15)13-5-3-2-4-6-13/h2-10,16-18,20H,11-12H2,1H3/t16-,17+,18-/m0/s1. The van der Waals surface area contributed by atoms with E-state index in [9.17, 15) is 9.90 Å². The molecule has 0 amide bonds. The third-order valence-corrected chi connectivity index (χ3v) is 4.06. The van der Waals surface area contributed by atoms with Crippen LogP contribution in [0.1, 0.15) is 16.8 Å². The predicted octanol–water partition coefficient (Wildman–Crippen LogP) is 2.63. The van der Waals surface area contributed by atoms with Crippen LogP contribution in [0.3, 0.4) is 0 Å². The Morgan fingerprint density at radius 2 is 1.79 bits per heavy atom. The lowest BCUT2D eigenvalue weighted by Crippen LogP contribution is -2.28. The van der Waals surface area contributed by atoms with Crippen LogP contribution in [-0.4, -0.2) is 43.3 Å². The first-order chi connectivity index (χ1) is 11.7. The molecule has 0 spiro atoms. The molecule has 1 N–H and O–H groups in total. The minimum atomic E-state index is -0.691. The van der Waals surface area contributed by atoms with Gasteiger partial charge in [0.1, 0.15) is 12.7 Å². The van der Waals surface area contributed by atoms with Crippen LogP contribution in [-0.2, 0) is 14.2 Å². The number of carbonyl (C=O) groups excluding carboxylic acids is 1. The third kappa shape index (κ3) is 3.82. The molecule has 0 aliphatic carbocycles. The van der Waals surface area contributed by atoms with Crippen LogP contribution in [0.5, 0.6) is 0 Å². The highest BCUT2D eigenvalue weighted by Gasteiger charge is 2.34. The number of carbonyl (C=O) groups is 1. The molecule has 0 unspecified atom stereocenters. The second-order valence-electron chi connectivity index (χ2n) is 5.68. The molecule has 1 fully saturated rings. The van der Waals surface area contributed by atoms with E-state index >= 15 is 0 Å². The Hall–Kier alpha value is -2.21. The molecule has 0 radical (unpaired) electrons. The van der Waals surface area contributed by atoms with Crippen molar-refractivity contribution in [3.63, 3.8) is 0 Å². The SMILES string of the molecule is CO[C@@H]1C[C@H](O)[C@@H](COC(=O)c2ccc(-c3ccccc3)cc2)O1. The van der Waals surface area contributed by atoms with Gasteiger partial charge in [-0.15, -0.1) is 0 Å². The molecule has 1 saturated heterocycles. The number of rotatable bonds is 5. The largest absolute Gasteiger partial charge is 0.459 e. The van der Waals surface area contributed by atoms with Crippen molar-refractivity contribution in [3.05, 3.63) is 60.2 Å². The minimum Gasteiger partial charge on any atom is -0.459 e. The molecule has 0 aromatic heterocycles. The van der Waals surface area contributed by atoms with Gasteiger partial charge < -0.3 is 19.3 Å². The Morgan fingerprint density at radius 1 is 1.12 bits per heavy atom. The summed E-state index contributed by atoms with van der Waals surface area (Å²) in [6.45, 7) is 0.000294. The van der Waals surface area contributed by atoms with Crippen molar-refractivity contribution in [3.8, 4) is 11.1 Å². The molecule has 1 aliphatic rings. The van der Waals surface area contributed by atoms with Crippen molar-refractivity contribution in [2.75, 3.05) is 13.7 Å². The normalized spacial score (nSPS) is 23.2. The van der Waals surface area contributed by atoms with E-state index in [1.54, 1.807) is 12.1 Å². The highest BCUT2D eigenvalue weighted by Crippen LogP contribution is 2.22. The van der Waals surface area contributed by atoms with Crippen LogP contribution >= 0.6 is 0 Å². The van der Waals surface area contributed by atoms with Crippen LogP contribution in [0, 0.1) is 0 Å². The Kier molecular flexibility index (Phi) is 5.25. The van der Waals surface area contributed by atoms with Crippen molar-refractivity contribution >= 4 is 5.97 Å². The Morgan fingerprint density at radius 3 is 2.42 bits per heavy atom. The Labute approximate surface area is 140 Å². The summed E-state index contributed by atoms with van der Waals surface area (Å²) in [5, 5.41) is 9.84. The molecule has 5 nitrogen and oxygen atoms in total. The molecule has 0 bridgehead atoms. The van der Waals surface area contributed by atoms with Gasteiger partial charge in [0.25, 0.3) is 0 Å². The predicted molar refractivity (Wildman–Crippen MR) is 88.5 cm³/mol.